The quantitative estimate of drug-likeness (QED) is 0.885. The van der Waals surface area contributed by atoms with Gasteiger partial charge in [0.2, 0.25) is 10.0 Å². The molecule has 1 aromatic heterocycles. The van der Waals surface area contributed by atoms with Crippen LogP contribution in [0.2, 0.25) is 5.02 Å². The minimum Gasteiger partial charge on any atom is -0.360 e. The van der Waals surface area contributed by atoms with Crippen molar-refractivity contribution in [1.29, 1.82) is 0 Å². The minimum atomic E-state index is -3.52. The predicted molar refractivity (Wildman–Crippen MR) is 81.5 cm³/mol. The van der Waals surface area contributed by atoms with Crippen molar-refractivity contribution in [1.82, 2.24) is 9.88 Å². The summed E-state index contributed by atoms with van der Waals surface area (Å²) in [6, 6.07) is 8.92. The normalized spacial score (nSPS) is 12.5. The van der Waals surface area contributed by atoms with Crippen LogP contribution in [0.25, 0.3) is 0 Å². The summed E-state index contributed by atoms with van der Waals surface area (Å²) >= 11 is 6.12. The highest BCUT2D eigenvalue weighted by Crippen LogP contribution is 2.21. The fourth-order valence-electron chi connectivity index (χ4n) is 2.11. The Hall–Kier alpha value is -1.37. The first-order valence-electron chi connectivity index (χ1n) is 6.42. The van der Waals surface area contributed by atoms with Crippen LogP contribution in [0, 0.1) is 0 Å². The number of benzene rings is 1. The summed E-state index contributed by atoms with van der Waals surface area (Å²) in [6.07, 6.45) is 1.90. The van der Waals surface area contributed by atoms with Gasteiger partial charge in [0, 0.05) is 16.6 Å². The number of sulfonamides is 1. The van der Waals surface area contributed by atoms with Crippen molar-refractivity contribution in [2.24, 2.45) is 0 Å². The molecule has 2 aromatic rings. The van der Waals surface area contributed by atoms with E-state index in [1.54, 1.807) is 6.07 Å². The molecule has 0 spiro atoms. The highest BCUT2D eigenvalue weighted by atomic mass is 35.5. The zero-order chi connectivity index (χ0) is 15.5. The van der Waals surface area contributed by atoms with Crippen molar-refractivity contribution < 1.29 is 12.9 Å². The minimum absolute atomic E-state index is 0.237. The molecule has 0 saturated heterocycles. The molecule has 1 aromatic carbocycles. The van der Waals surface area contributed by atoms with Gasteiger partial charge >= 0.3 is 0 Å². The number of aromatic nitrogens is 1. The van der Waals surface area contributed by atoms with E-state index in [1.807, 2.05) is 32.0 Å². The lowest BCUT2D eigenvalue weighted by molar-refractivity contribution is 0.390. The maximum Gasteiger partial charge on any atom is 0.219 e. The number of hydrogen-bond acceptors (Lipinski definition) is 4. The Balaban J connectivity index is 2.08. The second kappa shape index (κ2) is 6.17. The predicted octanol–water partition coefficient (Wildman–Crippen LogP) is 2.77. The molecule has 0 radical (unpaired) electrons. The molecular weight excluding hydrogens is 312 g/mol. The summed E-state index contributed by atoms with van der Waals surface area (Å²) in [5, 5.41) is 4.12. The summed E-state index contributed by atoms with van der Waals surface area (Å²) in [5.74, 6) is 0.0647. The van der Waals surface area contributed by atoms with Gasteiger partial charge in [-0.15, -0.1) is 0 Å². The van der Waals surface area contributed by atoms with Gasteiger partial charge in [-0.3, -0.25) is 0 Å². The monoisotopic (exact) mass is 328 g/mol. The molecule has 5 nitrogen and oxygen atoms in total. The van der Waals surface area contributed by atoms with Gasteiger partial charge in [-0.25, -0.2) is 13.1 Å². The van der Waals surface area contributed by atoms with Crippen LogP contribution < -0.4 is 4.72 Å². The summed E-state index contributed by atoms with van der Waals surface area (Å²) in [5.41, 5.74) is 0.232. The molecule has 0 bridgehead atoms. The Bertz CT molecular complexity index is 697. The zero-order valence-electron chi connectivity index (χ0n) is 11.8. The third-order valence-corrected chi connectivity index (χ3v) is 4.74. The topological polar surface area (TPSA) is 72.2 Å². The fraction of sp³-hybridized carbons (Fsp3) is 0.357. The second-order valence-electron chi connectivity index (χ2n) is 5.49. The van der Waals surface area contributed by atoms with Gasteiger partial charge in [0.05, 0.1) is 6.20 Å². The molecule has 0 unspecified atom stereocenters. The first kappa shape index (κ1) is 16.0. The standard InChI is InChI=1S/C14H17ClN2O3S/c1-14(2,9-11-5-3-4-6-13(11)15)17-21(18,19)10-12-7-8-16-20-12/h3-8,17H,9-10H2,1-2H3. The molecule has 21 heavy (non-hydrogen) atoms. The number of nitrogens with zero attached hydrogens (tertiary/aromatic N) is 1. The molecule has 7 heteroatoms. The molecule has 0 atom stereocenters. The Morgan fingerprint density at radius 3 is 2.62 bits per heavy atom. The van der Waals surface area contributed by atoms with Gasteiger partial charge in [-0.2, -0.15) is 0 Å². The van der Waals surface area contributed by atoms with Crippen LogP contribution in [0.5, 0.6) is 0 Å². The number of halogens is 1. The lowest BCUT2D eigenvalue weighted by Crippen LogP contribution is -2.45. The van der Waals surface area contributed by atoms with Crippen molar-refractivity contribution in [3.8, 4) is 0 Å². The Labute approximate surface area is 129 Å². The molecule has 0 fully saturated rings. The van der Waals surface area contributed by atoms with Crippen molar-refractivity contribution >= 4 is 21.6 Å². The Morgan fingerprint density at radius 1 is 1.29 bits per heavy atom. The van der Waals surface area contributed by atoms with Crippen LogP contribution in [0.3, 0.4) is 0 Å². The molecule has 2 rings (SSSR count). The van der Waals surface area contributed by atoms with Crippen LogP contribution in [0.1, 0.15) is 25.2 Å². The maximum absolute atomic E-state index is 12.2. The van der Waals surface area contributed by atoms with Crippen molar-refractivity contribution in [3.05, 3.63) is 52.9 Å². The van der Waals surface area contributed by atoms with E-state index in [1.165, 1.54) is 12.3 Å². The van der Waals surface area contributed by atoms with E-state index in [0.29, 0.717) is 17.2 Å². The molecule has 0 aliphatic carbocycles. The van der Waals surface area contributed by atoms with Crippen LogP contribution in [-0.2, 0) is 22.2 Å². The Morgan fingerprint density at radius 2 is 2.00 bits per heavy atom. The lowest BCUT2D eigenvalue weighted by atomic mass is 9.96. The van der Waals surface area contributed by atoms with Crippen molar-refractivity contribution in [2.45, 2.75) is 31.6 Å². The van der Waals surface area contributed by atoms with Gasteiger partial charge in [0.1, 0.15) is 5.75 Å². The van der Waals surface area contributed by atoms with Crippen LogP contribution in [0.4, 0.5) is 0 Å². The molecule has 0 aliphatic rings. The van der Waals surface area contributed by atoms with E-state index in [2.05, 4.69) is 9.88 Å². The van der Waals surface area contributed by atoms with Crippen LogP contribution in [0.15, 0.2) is 41.1 Å². The molecule has 114 valence electrons. The molecular formula is C14H17ClN2O3S. The highest BCUT2D eigenvalue weighted by Gasteiger charge is 2.26. The number of rotatable bonds is 6. The molecule has 0 amide bonds. The van der Waals surface area contributed by atoms with Crippen LogP contribution in [-0.4, -0.2) is 19.1 Å². The molecule has 0 aliphatic heterocycles. The van der Waals surface area contributed by atoms with Crippen molar-refractivity contribution in [2.75, 3.05) is 0 Å². The van der Waals surface area contributed by atoms with Crippen LogP contribution >= 0.6 is 11.6 Å². The SMILES string of the molecule is CC(C)(Cc1ccccc1Cl)NS(=O)(=O)Cc1ccno1. The zero-order valence-corrected chi connectivity index (χ0v) is 13.4. The Kier molecular flexibility index (Phi) is 4.70. The van der Waals surface area contributed by atoms with Gasteiger partial charge in [-0.1, -0.05) is 35.0 Å². The summed E-state index contributed by atoms with van der Waals surface area (Å²) in [7, 11) is -3.52. The molecule has 1 heterocycles. The van der Waals surface area contributed by atoms with E-state index in [4.69, 9.17) is 16.1 Å². The van der Waals surface area contributed by atoms with Crippen molar-refractivity contribution in [3.63, 3.8) is 0 Å². The maximum atomic E-state index is 12.2. The first-order chi connectivity index (χ1) is 9.77. The fourth-order valence-corrected chi connectivity index (χ4v) is 3.83. The third kappa shape index (κ3) is 4.84. The third-order valence-electron chi connectivity index (χ3n) is 2.85. The van der Waals surface area contributed by atoms with Gasteiger partial charge in [-0.05, 0) is 31.9 Å². The summed E-state index contributed by atoms with van der Waals surface area (Å²) < 4.78 is 31.8. The molecule has 0 saturated carbocycles. The second-order valence-corrected chi connectivity index (χ2v) is 7.62. The van der Waals surface area contributed by atoms with E-state index in [-0.39, 0.29) is 5.75 Å². The smallest absolute Gasteiger partial charge is 0.219 e. The molecule has 1 N–H and O–H groups in total. The van der Waals surface area contributed by atoms with E-state index in [0.717, 1.165) is 5.56 Å². The lowest BCUT2D eigenvalue weighted by Gasteiger charge is -2.26. The van der Waals surface area contributed by atoms with E-state index < -0.39 is 15.6 Å². The van der Waals surface area contributed by atoms with Gasteiger partial charge in [0.15, 0.2) is 5.76 Å². The number of nitrogens with one attached hydrogen (secondary N) is 1. The number of hydrogen-bond donors (Lipinski definition) is 1. The first-order valence-corrected chi connectivity index (χ1v) is 8.45. The highest BCUT2D eigenvalue weighted by molar-refractivity contribution is 7.88. The average molecular weight is 329 g/mol. The largest absolute Gasteiger partial charge is 0.360 e. The summed E-state index contributed by atoms with van der Waals surface area (Å²) in [6.45, 7) is 3.63. The van der Waals surface area contributed by atoms with Gasteiger partial charge < -0.3 is 4.52 Å². The summed E-state index contributed by atoms with van der Waals surface area (Å²) in [4.78, 5) is 0. The van der Waals surface area contributed by atoms with E-state index in [9.17, 15) is 8.42 Å². The van der Waals surface area contributed by atoms with E-state index >= 15 is 0 Å². The average Bonchev–Trinajstić information content (AvgIpc) is 2.82. The van der Waals surface area contributed by atoms with Gasteiger partial charge in [0.25, 0.3) is 0 Å².